The summed E-state index contributed by atoms with van der Waals surface area (Å²) in [4.78, 5) is 34.4. The number of likely N-dealkylation sites (tertiary alicyclic amines) is 1. The fourth-order valence-corrected chi connectivity index (χ4v) is 5.34. The van der Waals surface area contributed by atoms with Crippen molar-refractivity contribution in [2.24, 2.45) is 0 Å². The van der Waals surface area contributed by atoms with Crippen LogP contribution < -0.4 is 10.6 Å². The van der Waals surface area contributed by atoms with Crippen LogP contribution in [-0.2, 0) is 43.1 Å². The van der Waals surface area contributed by atoms with E-state index in [1.165, 1.54) is 5.56 Å². The van der Waals surface area contributed by atoms with Crippen LogP contribution in [0.3, 0.4) is 0 Å². The van der Waals surface area contributed by atoms with Crippen molar-refractivity contribution >= 4 is 23.8 Å². The molecule has 2 atom stereocenters. The number of carbonyl (C=O) groups excluding carboxylic acids is 2. The van der Waals surface area contributed by atoms with Crippen molar-refractivity contribution in [2.75, 3.05) is 58.7 Å². The third-order valence-corrected chi connectivity index (χ3v) is 7.62. The minimum absolute atomic E-state index is 0.0330. The van der Waals surface area contributed by atoms with Gasteiger partial charge in [-0.25, -0.2) is 9.97 Å². The molecule has 0 spiro atoms. The molecule has 0 bridgehead atoms. The summed E-state index contributed by atoms with van der Waals surface area (Å²) >= 11 is 0. The molecule has 5 rings (SSSR count). The molecule has 1 fully saturated rings. The van der Waals surface area contributed by atoms with E-state index < -0.39 is 6.29 Å². The molecule has 11 heteroatoms. The Morgan fingerprint density at radius 2 is 1.60 bits per heavy atom. The molecular weight excluding hydrogens is 514 g/mol. The van der Waals surface area contributed by atoms with Gasteiger partial charge in [-0.15, -0.1) is 0 Å². The molecule has 3 aliphatic heterocycles. The summed E-state index contributed by atoms with van der Waals surface area (Å²) in [5.74, 6) is 1.82. The number of amides is 1. The van der Waals surface area contributed by atoms with Gasteiger partial charge in [-0.05, 0) is 61.4 Å². The molecule has 0 aliphatic carbocycles. The zero-order chi connectivity index (χ0) is 28.6. The van der Waals surface area contributed by atoms with Gasteiger partial charge < -0.3 is 34.5 Å². The lowest BCUT2D eigenvalue weighted by molar-refractivity contribution is -0.136. The van der Waals surface area contributed by atoms with E-state index in [0.29, 0.717) is 24.3 Å². The maximum absolute atomic E-state index is 12.4. The summed E-state index contributed by atoms with van der Waals surface area (Å²) in [5, 5.41) is 6.58. The van der Waals surface area contributed by atoms with Crippen LogP contribution in [0.1, 0.15) is 77.0 Å². The molecule has 2 aromatic heterocycles. The number of aromatic nitrogens is 2. The molecule has 1 amide bonds. The quantitative estimate of drug-likeness (QED) is 0.351. The molecule has 40 heavy (non-hydrogen) atoms. The van der Waals surface area contributed by atoms with Crippen LogP contribution in [0.4, 0.5) is 11.6 Å². The first-order chi connectivity index (χ1) is 19.4. The second-order valence-corrected chi connectivity index (χ2v) is 10.1. The number of anilines is 2. The maximum atomic E-state index is 12.4. The topological polar surface area (TPSA) is 124 Å². The van der Waals surface area contributed by atoms with Crippen molar-refractivity contribution in [1.82, 2.24) is 14.9 Å². The van der Waals surface area contributed by atoms with Gasteiger partial charge in [-0.1, -0.05) is 0 Å². The van der Waals surface area contributed by atoms with Crippen LogP contribution in [-0.4, -0.2) is 81.2 Å². The average molecular weight is 556 g/mol. The Labute approximate surface area is 235 Å². The smallest absolute Gasteiger partial charge is 0.252 e. The van der Waals surface area contributed by atoms with Gasteiger partial charge in [-0.3, -0.25) is 9.59 Å². The van der Waals surface area contributed by atoms with Gasteiger partial charge >= 0.3 is 0 Å². The van der Waals surface area contributed by atoms with E-state index >= 15 is 0 Å². The van der Waals surface area contributed by atoms with Gasteiger partial charge in [0.05, 0.1) is 11.8 Å². The van der Waals surface area contributed by atoms with Gasteiger partial charge in [0.15, 0.2) is 6.29 Å². The first-order valence-corrected chi connectivity index (χ1v) is 13.8. The van der Waals surface area contributed by atoms with Crippen molar-refractivity contribution in [3.8, 4) is 0 Å². The minimum atomic E-state index is -0.551. The summed E-state index contributed by atoms with van der Waals surface area (Å²) in [6.45, 7) is 4.95. The lowest BCUT2D eigenvalue weighted by Crippen LogP contribution is -2.31. The lowest BCUT2D eigenvalue weighted by Gasteiger charge is -2.25. The second kappa shape index (κ2) is 14.0. The van der Waals surface area contributed by atoms with Crippen molar-refractivity contribution in [3.63, 3.8) is 0 Å². The van der Waals surface area contributed by atoms with Crippen LogP contribution in [0.2, 0.25) is 0 Å². The Balaban J connectivity index is 0.000000201. The van der Waals surface area contributed by atoms with Gasteiger partial charge in [-0.2, -0.15) is 0 Å². The van der Waals surface area contributed by atoms with Crippen LogP contribution in [0.15, 0.2) is 12.1 Å². The second-order valence-electron chi connectivity index (χ2n) is 10.1. The number of ether oxygens (including phenoxy) is 4. The van der Waals surface area contributed by atoms with E-state index in [0.717, 1.165) is 79.9 Å². The van der Waals surface area contributed by atoms with Gasteiger partial charge in [0.2, 0.25) is 6.29 Å². The van der Waals surface area contributed by atoms with Crippen LogP contribution >= 0.6 is 0 Å². The van der Waals surface area contributed by atoms with Crippen LogP contribution in [0.5, 0.6) is 0 Å². The van der Waals surface area contributed by atoms with Gasteiger partial charge in [0.25, 0.3) is 5.91 Å². The van der Waals surface area contributed by atoms with E-state index in [1.807, 2.05) is 17.9 Å². The predicted molar refractivity (Wildman–Crippen MR) is 150 cm³/mol. The third kappa shape index (κ3) is 6.60. The molecule has 11 nitrogen and oxygen atoms in total. The zero-order valence-electron chi connectivity index (χ0n) is 24.1. The Hall–Kier alpha value is -3.12. The summed E-state index contributed by atoms with van der Waals surface area (Å²) < 4.78 is 21.3. The summed E-state index contributed by atoms with van der Waals surface area (Å²) in [5.41, 5.74) is 5.35. The average Bonchev–Trinajstić information content (AvgIpc) is 3.35. The molecule has 2 unspecified atom stereocenters. The number of aryl methyl sites for hydroxylation is 2. The number of methoxy groups -OCH3 is 4. The molecule has 218 valence electrons. The number of fused-ring (bicyclic) bond motifs is 2. The fraction of sp³-hybridized carbons (Fsp3) is 0.586. The minimum Gasteiger partial charge on any atom is -0.375 e. The van der Waals surface area contributed by atoms with E-state index in [-0.39, 0.29) is 18.1 Å². The summed E-state index contributed by atoms with van der Waals surface area (Å²) in [6, 6.07) is 4.05. The summed E-state index contributed by atoms with van der Waals surface area (Å²) in [7, 11) is 6.38. The van der Waals surface area contributed by atoms with Crippen LogP contribution in [0, 0.1) is 0 Å². The first kappa shape index (κ1) is 29.9. The monoisotopic (exact) mass is 555 g/mol. The largest absolute Gasteiger partial charge is 0.375 e. The zero-order valence-corrected chi connectivity index (χ0v) is 24.1. The van der Waals surface area contributed by atoms with Gasteiger partial charge in [0, 0.05) is 66.6 Å². The molecule has 3 aliphatic rings. The molecule has 0 radical (unpaired) electrons. The van der Waals surface area contributed by atoms with E-state index in [9.17, 15) is 9.59 Å². The van der Waals surface area contributed by atoms with Crippen molar-refractivity contribution < 1.29 is 28.5 Å². The standard InChI is InChI=1S/C17H25N3O4.C12H16N2O2/c1-22-13-6-8-20(16(13)21)10-12-9-11-5-4-7-18-15(11)19-14(12)17(23-2)24-3;1-8(16-2)11-10(7-15)6-9-4-3-5-13-12(9)14-11/h9,13,17H,4-8,10H2,1-3H3,(H,18,19);6-8H,3-5H2,1-2H3,(H,13,14). The van der Waals surface area contributed by atoms with Crippen molar-refractivity contribution in [2.45, 2.75) is 64.1 Å². The normalized spacial score (nSPS) is 18.7. The molecule has 2 aromatic rings. The molecule has 2 N–H and O–H groups in total. The van der Waals surface area contributed by atoms with Crippen molar-refractivity contribution in [1.29, 1.82) is 0 Å². The van der Waals surface area contributed by atoms with Crippen LogP contribution in [0.25, 0.3) is 0 Å². The highest BCUT2D eigenvalue weighted by atomic mass is 16.7. The number of aldehydes is 1. The predicted octanol–water partition coefficient (Wildman–Crippen LogP) is 3.44. The fourth-order valence-electron chi connectivity index (χ4n) is 5.34. The SMILES string of the molecule is COC(C)c1nc2c(cc1C=O)CCCN2.COC1CCN(Cc2cc3c(nc2C(OC)OC)NCCC3)C1=O. The maximum Gasteiger partial charge on any atom is 0.252 e. The highest BCUT2D eigenvalue weighted by molar-refractivity contribution is 5.83. The third-order valence-electron chi connectivity index (χ3n) is 7.62. The number of pyridine rings is 2. The number of nitrogens with zero attached hydrogens (tertiary/aromatic N) is 3. The number of hydrogen-bond donors (Lipinski definition) is 2. The van der Waals surface area contributed by atoms with E-state index in [4.69, 9.17) is 23.9 Å². The van der Waals surface area contributed by atoms with E-state index in [2.05, 4.69) is 21.7 Å². The highest BCUT2D eigenvalue weighted by Crippen LogP contribution is 2.30. The van der Waals surface area contributed by atoms with E-state index in [1.54, 1.807) is 28.4 Å². The number of nitrogens with one attached hydrogen (secondary N) is 2. The number of hydrogen-bond acceptors (Lipinski definition) is 10. The molecular formula is C29H41N5O6. The Morgan fingerprint density at radius 1 is 0.975 bits per heavy atom. The van der Waals surface area contributed by atoms with Gasteiger partial charge in [0.1, 0.15) is 23.4 Å². The number of rotatable bonds is 9. The highest BCUT2D eigenvalue weighted by Gasteiger charge is 2.33. The number of carbonyl (C=O) groups is 2. The van der Waals surface area contributed by atoms with Crippen molar-refractivity contribution in [3.05, 3.63) is 45.8 Å². The molecule has 5 heterocycles. The molecule has 0 aromatic carbocycles. The Bertz CT molecular complexity index is 1190. The Morgan fingerprint density at radius 3 is 2.15 bits per heavy atom. The lowest BCUT2D eigenvalue weighted by atomic mass is 10.0. The molecule has 0 saturated carbocycles. The molecule has 1 saturated heterocycles. The first-order valence-electron chi connectivity index (χ1n) is 13.8. The Kier molecular flexibility index (Phi) is 10.4. The summed E-state index contributed by atoms with van der Waals surface area (Å²) in [6.07, 6.45) is 4.68.